The van der Waals surface area contributed by atoms with Crippen LogP contribution in [0, 0.1) is 0 Å². The van der Waals surface area contributed by atoms with Gasteiger partial charge in [0.1, 0.15) is 12.9 Å². The van der Waals surface area contributed by atoms with Gasteiger partial charge in [-0.05, 0) is 36.1 Å². The Kier molecular flexibility index (Phi) is 6.14. The molecule has 1 aliphatic rings. The van der Waals surface area contributed by atoms with Crippen LogP contribution in [0.1, 0.15) is 28.8 Å². The van der Waals surface area contributed by atoms with Crippen LogP contribution in [-0.4, -0.2) is 36.8 Å². The highest BCUT2D eigenvalue weighted by molar-refractivity contribution is 6.01. The van der Waals surface area contributed by atoms with Crippen molar-refractivity contribution >= 4 is 17.9 Å². The number of methoxy groups -OCH3 is 1. The predicted octanol–water partition coefficient (Wildman–Crippen LogP) is 4.02. The molecule has 0 N–H and O–H groups in total. The van der Waals surface area contributed by atoms with E-state index in [0.29, 0.717) is 31.1 Å². The molecule has 0 aromatic heterocycles. The van der Waals surface area contributed by atoms with Gasteiger partial charge in [-0.25, -0.2) is 0 Å². The van der Waals surface area contributed by atoms with Gasteiger partial charge in [0.25, 0.3) is 5.91 Å². The van der Waals surface area contributed by atoms with Crippen LogP contribution in [-0.2, 0) is 11.4 Å². The van der Waals surface area contributed by atoms with Gasteiger partial charge in [0.2, 0.25) is 0 Å². The molecule has 1 aliphatic heterocycles. The minimum Gasteiger partial charge on any atom is -0.493 e. The molecule has 3 rings (SSSR count). The maximum absolute atomic E-state index is 13.0. The summed E-state index contributed by atoms with van der Waals surface area (Å²) in [5.74, 6) is 0.335. The molecule has 0 radical (unpaired) electrons. The smallest absolute Gasteiger partial charge is 0.255 e. The zero-order chi connectivity index (χ0) is 19.9. The Labute approximate surface area is 162 Å². The molecule has 0 saturated carbocycles. The molecule has 1 heterocycles. The third-order valence-corrected chi connectivity index (χ3v) is 4.62. The summed E-state index contributed by atoms with van der Waals surface area (Å²) < 4.78 is 11.2. The average molecular weight is 380 g/mol. The van der Waals surface area contributed by atoms with E-state index in [2.05, 4.69) is 10.0 Å². The molecule has 8 heteroatoms. The van der Waals surface area contributed by atoms with Crippen LogP contribution in [0.15, 0.2) is 47.6 Å². The Morgan fingerprint density at radius 2 is 2.11 bits per heavy atom. The quantitative estimate of drug-likeness (QED) is 0.313. The van der Waals surface area contributed by atoms with Gasteiger partial charge in [-0.1, -0.05) is 35.4 Å². The minimum atomic E-state index is -0.466. The lowest BCUT2D eigenvalue weighted by Gasteiger charge is -2.22. The van der Waals surface area contributed by atoms with E-state index in [4.69, 9.17) is 15.0 Å². The zero-order valence-corrected chi connectivity index (χ0v) is 15.4. The van der Waals surface area contributed by atoms with Crippen LogP contribution in [0.2, 0.25) is 0 Å². The number of hydrogen-bond acceptors (Lipinski definition) is 5. The molecule has 144 valence electrons. The molecule has 2 aromatic rings. The highest BCUT2D eigenvalue weighted by Crippen LogP contribution is 2.37. The molecule has 0 unspecified atom stereocenters. The predicted molar refractivity (Wildman–Crippen MR) is 103 cm³/mol. The number of likely N-dealkylation sites (tertiary alicyclic amines) is 1. The van der Waals surface area contributed by atoms with E-state index in [9.17, 15) is 9.59 Å². The van der Waals surface area contributed by atoms with Crippen LogP contribution in [0.25, 0.3) is 10.4 Å². The highest BCUT2D eigenvalue weighted by Gasteiger charge is 2.30. The van der Waals surface area contributed by atoms with E-state index in [1.54, 1.807) is 0 Å². The minimum absolute atomic E-state index is 0.132. The molecule has 1 atom stereocenters. The van der Waals surface area contributed by atoms with Crippen molar-refractivity contribution in [3.05, 3.63) is 64.0 Å². The van der Waals surface area contributed by atoms with Crippen molar-refractivity contribution in [1.29, 1.82) is 0 Å². The lowest BCUT2D eigenvalue weighted by atomic mass is 10.1. The standard InChI is InChI=1S/C20H20N4O4/c1-27-18-10-16(20(26)24-9-5-8-15(24)12-25)17(22-23-21)11-19(18)28-13-14-6-3-2-4-7-14/h2-4,6-7,10-12,15H,5,8-9,13H2,1H3/t15-/m0/s1. The fraction of sp³-hybridized carbons (Fsp3) is 0.300. The fourth-order valence-electron chi connectivity index (χ4n) is 3.20. The van der Waals surface area contributed by atoms with Gasteiger partial charge in [-0.2, -0.15) is 0 Å². The van der Waals surface area contributed by atoms with Crippen LogP contribution in [0.4, 0.5) is 5.69 Å². The largest absolute Gasteiger partial charge is 0.493 e. The number of nitrogens with zero attached hydrogens (tertiary/aromatic N) is 4. The van der Waals surface area contributed by atoms with Gasteiger partial charge in [0.05, 0.1) is 24.4 Å². The number of hydrogen-bond donors (Lipinski definition) is 0. The second-order valence-corrected chi connectivity index (χ2v) is 6.33. The summed E-state index contributed by atoms with van der Waals surface area (Å²) in [5, 5.41) is 3.65. The topological polar surface area (TPSA) is 105 Å². The van der Waals surface area contributed by atoms with E-state index in [-0.39, 0.29) is 17.2 Å². The van der Waals surface area contributed by atoms with Crippen LogP contribution < -0.4 is 9.47 Å². The third-order valence-electron chi connectivity index (χ3n) is 4.62. The van der Waals surface area contributed by atoms with Gasteiger partial charge in [-0.15, -0.1) is 0 Å². The lowest BCUT2D eigenvalue weighted by Crippen LogP contribution is -2.36. The second kappa shape index (κ2) is 8.92. The molecule has 1 saturated heterocycles. The Hall–Kier alpha value is -3.51. The third kappa shape index (κ3) is 4.07. The molecule has 28 heavy (non-hydrogen) atoms. The molecule has 0 spiro atoms. The summed E-state index contributed by atoms with van der Waals surface area (Å²) >= 11 is 0. The normalized spacial score (nSPS) is 15.6. The number of carbonyl (C=O) groups is 2. The Morgan fingerprint density at radius 3 is 2.79 bits per heavy atom. The maximum atomic E-state index is 13.0. The first kappa shape index (κ1) is 19.3. The summed E-state index contributed by atoms with van der Waals surface area (Å²) in [4.78, 5) is 28.5. The van der Waals surface area contributed by atoms with Gasteiger partial charge in [-0.3, -0.25) is 4.79 Å². The molecule has 2 aromatic carbocycles. The number of aldehydes is 1. The van der Waals surface area contributed by atoms with Crippen molar-refractivity contribution in [3.8, 4) is 11.5 Å². The van der Waals surface area contributed by atoms with Gasteiger partial charge in [0.15, 0.2) is 11.5 Å². The fourth-order valence-corrected chi connectivity index (χ4v) is 3.20. The van der Waals surface area contributed by atoms with Crippen molar-refractivity contribution in [3.63, 3.8) is 0 Å². The molecular weight excluding hydrogens is 360 g/mol. The Balaban J connectivity index is 1.93. The molecule has 0 bridgehead atoms. The number of benzene rings is 2. The van der Waals surface area contributed by atoms with Crippen LogP contribution in [0.3, 0.4) is 0 Å². The SMILES string of the molecule is COc1cc(C(=O)N2CCC[C@H]2C=O)c(N=[N+]=[N-])cc1OCc1ccccc1. The Bertz CT molecular complexity index is 910. The number of azide groups is 1. The summed E-state index contributed by atoms with van der Waals surface area (Å²) in [6.45, 7) is 0.770. The average Bonchev–Trinajstić information content (AvgIpc) is 3.21. The first-order valence-electron chi connectivity index (χ1n) is 8.88. The number of ether oxygens (including phenoxy) is 2. The van der Waals surface area contributed by atoms with Crippen molar-refractivity contribution in [2.24, 2.45) is 5.11 Å². The number of rotatable bonds is 7. The van der Waals surface area contributed by atoms with E-state index in [1.807, 2.05) is 30.3 Å². The van der Waals surface area contributed by atoms with Crippen molar-refractivity contribution in [2.75, 3.05) is 13.7 Å². The maximum Gasteiger partial charge on any atom is 0.255 e. The lowest BCUT2D eigenvalue weighted by molar-refractivity contribution is -0.111. The number of carbonyl (C=O) groups excluding carboxylic acids is 2. The van der Waals surface area contributed by atoms with Crippen LogP contribution in [0.5, 0.6) is 11.5 Å². The first-order valence-corrected chi connectivity index (χ1v) is 8.88. The van der Waals surface area contributed by atoms with Crippen molar-refractivity contribution < 1.29 is 19.1 Å². The van der Waals surface area contributed by atoms with Crippen molar-refractivity contribution in [1.82, 2.24) is 4.90 Å². The zero-order valence-electron chi connectivity index (χ0n) is 15.4. The van der Waals surface area contributed by atoms with E-state index in [0.717, 1.165) is 18.3 Å². The van der Waals surface area contributed by atoms with Gasteiger partial charge >= 0.3 is 0 Å². The first-order chi connectivity index (χ1) is 13.7. The molecule has 0 aliphatic carbocycles. The van der Waals surface area contributed by atoms with Gasteiger partial charge in [0, 0.05) is 11.5 Å². The van der Waals surface area contributed by atoms with E-state index in [1.165, 1.54) is 24.1 Å². The molecule has 1 fully saturated rings. The van der Waals surface area contributed by atoms with Gasteiger partial charge < -0.3 is 19.2 Å². The summed E-state index contributed by atoms with van der Waals surface area (Å²) in [5.41, 5.74) is 10.2. The van der Waals surface area contributed by atoms with E-state index < -0.39 is 6.04 Å². The molecule has 1 amide bonds. The molecular formula is C20H20N4O4. The second-order valence-electron chi connectivity index (χ2n) is 6.33. The van der Waals surface area contributed by atoms with Crippen molar-refractivity contribution in [2.45, 2.75) is 25.5 Å². The van der Waals surface area contributed by atoms with Crippen LogP contribution >= 0.6 is 0 Å². The highest BCUT2D eigenvalue weighted by atomic mass is 16.5. The molecule has 8 nitrogen and oxygen atoms in total. The summed E-state index contributed by atoms with van der Waals surface area (Å²) in [6.07, 6.45) is 2.15. The summed E-state index contributed by atoms with van der Waals surface area (Å²) in [6, 6.07) is 12.1. The van der Waals surface area contributed by atoms with E-state index >= 15 is 0 Å². The monoisotopic (exact) mass is 380 g/mol. The Morgan fingerprint density at radius 1 is 1.32 bits per heavy atom. The summed E-state index contributed by atoms with van der Waals surface area (Å²) in [7, 11) is 1.47. The number of amides is 1.